The number of benzene rings is 1. The number of nitrogens with zero attached hydrogens (tertiary/aromatic N) is 3. The second-order valence-corrected chi connectivity index (χ2v) is 5.86. The number of hydrogen-bond donors (Lipinski definition) is 2. The Labute approximate surface area is 140 Å². The number of nitrogens with two attached hydrogens (primary N) is 1. The minimum atomic E-state index is -4.46. The quantitative estimate of drug-likeness (QED) is 0.612. The molecule has 0 spiro atoms. The first-order valence-corrected chi connectivity index (χ1v) is 8.09. The number of halogens is 3. The molecule has 130 valence electrons. The smallest absolute Gasteiger partial charge is 0.325 e. The lowest BCUT2D eigenvalue weighted by Crippen LogP contribution is -2.15. The molecule has 0 aliphatic carbocycles. The Kier molecular flexibility index (Phi) is 5.71. The molecule has 1 aromatic heterocycles. The summed E-state index contributed by atoms with van der Waals surface area (Å²) in [5.41, 5.74) is -0.736. The Balaban J connectivity index is 1.93. The Bertz CT molecular complexity index is 717. The van der Waals surface area contributed by atoms with Gasteiger partial charge in [0.1, 0.15) is 0 Å². The Morgan fingerprint density at radius 2 is 2.17 bits per heavy atom. The fraction of sp³-hybridized carbons (Fsp3) is 0.357. The van der Waals surface area contributed by atoms with Gasteiger partial charge in [-0.05, 0) is 24.6 Å². The lowest BCUT2D eigenvalue weighted by Gasteiger charge is -2.09. The minimum absolute atomic E-state index is 0.0359. The maximum Gasteiger partial charge on any atom is 0.416 e. The van der Waals surface area contributed by atoms with E-state index in [-0.39, 0.29) is 11.4 Å². The van der Waals surface area contributed by atoms with Crippen LogP contribution in [0.15, 0.2) is 29.4 Å². The van der Waals surface area contributed by atoms with Gasteiger partial charge in [-0.3, -0.25) is 4.79 Å². The van der Waals surface area contributed by atoms with Crippen LogP contribution in [0.3, 0.4) is 0 Å². The second kappa shape index (κ2) is 7.56. The average Bonchev–Trinajstić information content (AvgIpc) is 2.85. The van der Waals surface area contributed by atoms with E-state index in [9.17, 15) is 18.0 Å². The van der Waals surface area contributed by atoms with Gasteiger partial charge in [-0.2, -0.15) is 18.0 Å². The van der Waals surface area contributed by atoms with Crippen LogP contribution in [0.2, 0.25) is 0 Å². The van der Waals surface area contributed by atoms with E-state index in [0.29, 0.717) is 17.4 Å². The maximum absolute atomic E-state index is 12.6. The fourth-order valence-corrected chi connectivity index (χ4v) is 2.54. The van der Waals surface area contributed by atoms with E-state index in [1.165, 1.54) is 12.1 Å². The number of carbonyl (C=O) groups is 1. The molecule has 0 bridgehead atoms. The molecule has 1 aromatic carbocycles. The van der Waals surface area contributed by atoms with Crippen molar-refractivity contribution in [1.29, 1.82) is 0 Å². The average molecular weight is 359 g/mol. The number of nitrogen functional groups attached to an aromatic ring is 1. The van der Waals surface area contributed by atoms with Crippen molar-refractivity contribution in [2.24, 2.45) is 0 Å². The molecule has 0 saturated heterocycles. The molecule has 0 aliphatic heterocycles. The standard InChI is InChI=1S/C14H16F3N5OS/c1-2-4-11-20-13(21-22(11)18)24-8-12(23)19-10-6-3-5-9(7-10)14(15,16)17/h3,5-7H,2,4,8,18H2,1H3,(H,19,23). The highest BCUT2D eigenvalue weighted by atomic mass is 32.2. The molecule has 0 aliphatic rings. The number of rotatable bonds is 6. The summed E-state index contributed by atoms with van der Waals surface area (Å²) in [5, 5.41) is 6.74. The van der Waals surface area contributed by atoms with Crippen molar-refractivity contribution >= 4 is 23.4 Å². The predicted octanol–water partition coefficient (Wildman–Crippen LogP) is 2.69. The van der Waals surface area contributed by atoms with Crippen molar-refractivity contribution < 1.29 is 18.0 Å². The summed E-state index contributed by atoms with van der Waals surface area (Å²) in [6, 6.07) is 4.45. The summed E-state index contributed by atoms with van der Waals surface area (Å²) < 4.78 is 37.9. The van der Waals surface area contributed by atoms with Crippen LogP contribution in [-0.2, 0) is 17.4 Å². The summed E-state index contributed by atoms with van der Waals surface area (Å²) in [7, 11) is 0. The van der Waals surface area contributed by atoms with Gasteiger partial charge in [0.15, 0.2) is 5.82 Å². The fourth-order valence-electron chi connectivity index (χ4n) is 1.89. The van der Waals surface area contributed by atoms with Crippen molar-refractivity contribution in [3.8, 4) is 0 Å². The molecule has 10 heteroatoms. The van der Waals surface area contributed by atoms with Crippen LogP contribution >= 0.6 is 11.8 Å². The summed E-state index contributed by atoms with van der Waals surface area (Å²) in [4.78, 5) is 17.2. The first-order chi connectivity index (χ1) is 11.3. The predicted molar refractivity (Wildman–Crippen MR) is 85.0 cm³/mol. The molecular weight excluding hydrogens is 343 g/mol. The van der Waals surface area contributed by atoms with E-state index in [1.807, 2.05) is 6.92 Å². The SMILES string of the molecule is CCCc1nc(SCC(=O)Nc2cccc(C(F)(F)F)c2)nn1N. The lowest BCUT2D eigenvalue weighted by atomic mass is 10.2. The van der Waals surface area contributed by atoms with E-state index in [1.54, 1.807) is 0 Å². The number of carbonyl (C=O) groups excluding carboxylic acids is 1. The number of alkyl halides is 3. The number of amides is 1. The third-order valence-corrected chi connectivity index (χ3v) is 3.80. The van der Waals surface area contributed by atoms with Gasteiger partial charge in [0.25, 0.3) is 0 Å². The van der Waals surface area contributed by atoms with E-state index in [2.05, 4.69) is 15.4 Å². The van der Waals surface area contributed by atoms with Crippen LogP contribution in [0.25, 0.3) is 0 Å². The summed E-state index contributed by atoms with van der Waals surface area (Å²) in [6.45, 7) is 1.98. The largest absolute Gasteiger partial charge is 0.416 e. The number of anilines is 1. The van der Waals surface area contributed by atoms with Crippen LogP contribution in [0, 0.1) is 0 Å². The van der Waals surface area contributed by atoms with Gasteiger partial charge >= 0.3 is 6.18 Å². The first-order valence-electron chi connectivity index (χ1n) is 7.10. The molecule has 1 heterocycles. The molecular formula is C14H16F3N5OS. The summed E-state index contributed by atoms with van der Waals surface area (Å²) >= 11 is 1.06. The van der Waals surface area contributed by atoms with E-state index in [0.717, 1.165) is 35.1 Å². The Morgan fingerprint density at radius 3 is 2.83 bits per heavy atom. The normalized spacial score (nSPS) is 11.5. The molecule has 1 amide bonds. The van der Waals surface area contributed by atoms with Crippen molar-refractivity contribution in [1.82, 2.24) is 14.9 Å². The van der Waals surface area contributed by atoms with Gasteiger partial charge in [0.05, 0.1) is 11.3 Å². The van der Waals surface area contributed by atoms with Crippen LogP contribution < -0.4 is 11.2 Å². The van der Waals surface area contributed by atoms with Gasteiger partial charge in [-0.25, -0.2) is 4.98 Å². The Morgan fingerprint density at radius 1 is 1.42 bits per heavy atom. The number of hydrogen-bond acceptors (Lipinski definition) is 5. The summed E-state index contributed by atoms with van der Waals surface area (Å²) in [5.74, 6) is 5.76. The van der Waals surface area contributed by atoms with Crippen LogP contribution in [0.1, 0.15) is 24.7 Å². The molecule has 0 saturated carbocycles. The zero-order chi connectivity index (χ0) is 17.7. The van der Waals surface area contributed by atoms with Crippen LogP contribution in [0.5, 0.6) is 0 Å². The molecule has 0 atom stereocenters. The lowest BCUT2D eigenvalue weighted by molar-refractivity contribution is -0.137. The molecule has 6 nitrogen and oxygen atoms in total. The zero-order valence-electron chi connectivity index (χ0n) is 12.8. The van der Waals surface area contributed by atoms with E-state index < -0.39 is 17.6 Å². The molecule has 2 aromatic rings. The highest BCUT2D eigenvalue weighted by molar-refractivity contribution is 7.99. The number of nitrogens with one attached hydrogen (secondary N) is 1. The summed E-state index contributed by atoms with van der Waals surface area (Å²) in [6.07, 6.45) is -2.93. The molecule has 0 fully saturated rings. The highest BCUT2D eigenvalue weighted by Gasteiger charge is 2.30. The third-order valence-electron chi connectivity index (χ3n) is 2.96. The molecule has 0 radical (unpaired) electrons. The van der Waals surface area contributed by atoms with Crippen LogP contribution in [0.4, 0.5) is 18.9 Å². The first kappa shape index (κ1) is 18.1. The van der Waals surface area contributed by atoms with Gasteiger partial charge < -0.3 is 11.2 Å². The second-order valence-electron chi connectivity index (χ2n) is 4.92. The van der Waals surface area contributed by atoms with Crippen molar-refractivity contribution in [3.05, 3.63) is 35.7 Å². The van der Waals surface area contributed by atoms with Gasteiger partial charge in [-0.15, -0.1) is 5.10 Å². The molecule has 24 heavy (non-hydrogen) atoms. The topological polar surface area (TPSA) is 85.8 Å². The van der Waals surface area contributed by atoms with Crippen molar-refractivity contribution in [2.45, 2.75) is 31.1 Å². The monoisotopic (exact) mass is 359 g/mol. The zero-order valence-corrected chi connectivity index (χ0v) is 13.6. The van der Waals surface area contributed by atoms with E-state index >= 15 is 0 Å². The number of thioether (sulfide) groups is 1. The van der Waals surface area contributed by atoms with Crippen molar-refractivity contribution in [3.63, 3.8) is 0 Å². The van der Waals surface area contributed by atoms with Crippen LogP contribution in [-0.4, -0.2) is 26.5 Å². The molecule has 3 N–H and O–H groups in total. The van der Waals surface area contributed by atoms with E-state index in [4.69, 9.17) is 5.84 Å². The van der Waals surface area contributed by atoms with Gasteiger partial charge in [0, 0.05) is 12.1 Å². The molecule has 0 unspecified atom stereocenters. The van der Waals surface area contributed by atoms with Crippen molar-refractivity contribution in [2.75, 3.05) is 16.9 Å². The Hall–Kier alpha value is -2.23. The number of aromatic nitrogens is 3. The van der Waals surface area contributed by atoms with Gasteiger partial charge in [0.2, 0.25) is 11.1 Å². The third kappa shape index (κ3) is 4.88. The van der Waals surface area contributed by atoms with Gasteiger partial charge in [-0.1, -0.05) is 24.8 Å². The highest BCUT2D eigenvalue weighted by Crippen LogP contribution is 2.30. The maximum atomic E-state index is 12.6. The molecule has 2 rings (SSSR count). The minimum Gasteiger partial charge on any atom is -0.325 e. The number of aryl methyl sites for hydroxylation is 1.